The van der Waals surface area contributed by atoms with Crippen LogP contribution in [0, 0.1) is 58.2 Å². The molecular formula is C25H41N. The number of hydrogen-bond acceptors (Lipinski definition) is 1. The summed E-state index contributed by atoms with van der Waals surface area (Å²) in [6.45, 7) is 4.61. The molecule has 0 heterocycles. The Labute approximate surface area is 162 Å². The van der Waals surface area contributed by atoms with Crippen LogP contribution >= 0.6 is 0 Å². The molecule has 1 heteroatoms. The van der Waals surface area contributed by atoms with Crippen molar-refractivity contribution in [2.24, 2.45) is 46.8 Å². The van der Waals surface area contributed by atoms with Gasteiger partial charge in [-0.1, -0.05) is 46.0 Å². The summed E-state index contributed by atoms with van der Waals surface area (Å²) in [7, 11) is 0. The number of rotatable bonds is 4. The molecule has 0 saturated heterocycles. The van der Waals surface area contributed by atoms with Crippen LogP contribution in [0.4, 0.5) is 0 Å². The Morgan fingerprint density at radius 2 is 1.58 bits per heavy atom. The number of fused-ring (bicyclic) bond motifs is 5. The maximum absolute atomic E-state index is 9.77. The van der Waals surface area contributed by atoms with Gasteiger partial charge in [0, 0.05) is 0 Å². The Morgan fingerprint density at radius 3 is 2.35 bits per heavy atom. The Bertz CT molecular complexity index is 519. The van der Waals surface area contributed by atoms with E-state index in [1.54, 1.807) is 12.8 Å². The Balaban J connectivity index is 1.46. The highest BCUT2D eigenvalue weighted by Crippen LogP contribution is 2.60. The van der Waals surface area contributed by atoms with Crippen molar-refractivity contribution in [2.75, 3.05) is 0 Å². The fourth-order valence-electron chi connectivity index (χ4n) is 8.30. The zero-order chi connectivity index (χ0) is 18.1. The van der Waals surface area contributed by atoms with E-state index >= 15 is 0 Å². The van der Waals surface area contributed by atoms with Crippen molar-refractivity contribution in [3.05, 3.63) is 0 Å². The van der Waals surface area contributed by atoms with Crippen molar-refractivity contribution < 1.29 is 0 Å². The second-order valence-electron chi connectivity index (χ2n) is 10.6. The molecule has 0 aliphatic heterocycles. The number of nitriles is 1. The van der Waals surface area contributed by atoms with Gasteiger partial charge in [-0.3, -0.25) is 0 Å². The fourth-order valence-corrected chi connectivity index (χ4v) is 8.30. The molecular weight excluding hydrogens is 314 g/mol. The molecule has 0 aromatic carbocycles. The van der Waals surface area contributed by atoms with E-state index in [0.29, 0.717) is 0 Å². The lowest BCUT2D eigenvalue weighted by Gasteiger charge is -2.57. The second-order valence-corrected chi connectivity index (χ2v) is 10.6. The minimum atomic E-state index is 0.0291. The van der Waals surface area contributed by atoms with Crippen molar-refractivity contribution in [1.29, 1.82) is 5.26 Å². The summed E-state index contributed by atoms with van der Waals surface area (Å²) < 4.78 is 0. The average Bonchev–Trinajstić information content (AvgIpc) is 2.71. The minimum Gasteiger partial charge on any atom is -0.198 e. The molecule has 0 N–H and O–H groups in total. The SMILES string of the molecule is CCCCC1CCCC2C1CCC1C3CCC(C#N)(CC)CC3CCC21. The Morgan fingerprint density at radius 1 is 0.846 bits per heavy atom. The molecule has 0 spiro atoms. The van der Waals surface area contributed by atoms with Crippen LogP contribution in [0.1, 0.15) is 104 Å². The van der Waals surface area contributed by atoms with E-state index in [0.717, 1.165) is 47.8 Å². The quantitative estimate of drug-likeness (QED) is 0.516. The van der Waals surface area contributed by atoms with Crippen LogP contribution in [0.5, 0.6) is 0 Å². The summed E-state index contributed by atoms with van der Waals surface area (Å²) in [5, 5.41) is 9.77. The first-order chi connectivity index (χ1) is 12.7. The van der Waals surface area contributed by atoms with Crippen molar-refractivity contribution in [2.45, 2.75) is 104 Å². The summed E-state index contributed by atoms with van der Waals surface area (Å²) in [4.78, 5) is 0. The Kier molecular flexibility index (Phi) is 5.69. The normalized spacial score (nSPS) is 48.0. The molecule has 4 fully saturated rings. The molecule has 0 aromatic rings. The topological polar surface area (TPSA) is 23.8 Å². The van der Waals surface area contributed by atoms with Gasteiger partial charge in [0.25, 0.3) is 0 Å². The molecule has 0 bridgehead atoms. The monoisotopic (exact) mass is 355 g/mol. The highest BCUT2D eigenvalue weighted by molar-refractivity contribution is 5.07. The number of unbranched alkanes of at least 4 members (excludes halogenated alkanes) is 1. The third-order valence-electron chi connectivity index (χ3n) is 9.68. The maximum Gasteiger partial charge on any atom is 0.0689 e. The van der Waals surface area contributed by atoms with Crippen LogP contribution < -0.4 is 0 Å². The highest BCUT2D eigenvalue weighted by atomic mass is 14.6. The standard InChI is InChI=1S/C25H41N/c1-3-5-7-18-8-6-9-22-20(18)12-13-23-21-14-15-25(4-2,17-26)16-19(21)10-11-24(22)23/h18-24H,3-16H2,1-2H3. The molecule has 8 unspecified atom stereocenters. The van der Waals surface area contributed by atoms with Gasteiger partial charge in [-0.15, -0.1) is 0 Å². The lowest BCUT2D eigenvalue weighted by Crippen LogP contribution is -2.49. The zero-order valence-electron chi connectivity index (χ0n) is 17.4. The van der Waals surface area contributed by atoms with Crippen molar-refractivity contribution >= 4 is 0 Å². The zero-order valence-corrected chi connectivity index (χ0v) is 17.4. The summed E-state index contributed by atoms with van der Waals surface area (Å²) >= 11 is 0. The van der Waals surface area contributed by atoms with Crippen molar-refractivity contribution in [1.82, 2.24) is 0 Å². The molecule has 4 rings (SSSR count). The van der Waals surface area contributed by atoms with Crippen LogP contribution in [0.2, 0.25) is 0 Å². The second kappa shape index (κ2) is 7.85. The van der Waals surface area contributed by atoms with E-state index in [2.05, 4.69) is 19.9 Å². The molecule has 4 aliphatic carbocycles. The van der Waals surface area contributed by atoms with Crippen LogP contribution in [-0.4, -0.2) is 0 Å². The molecule has 0 radical (unpaired) electrons. The summed E-state index contributed by atoms with van der Waals surface area (Å²) in [5.41, 5.74) is 0.0291. The van der Waals surface area contributed by atoms with Crippen LogP contribution in [-0.2, 0) is 0 Å². The number of nitrogens with zero attached hydrogens (tertiary/aromatic N) is 1. The molecule has 0 amide bonds. The molecule has 26 heavy (non-hydrogen) atoms. The lowest BCUT2D eigenvalue weighted by atomic mass is 9.48. The average molecular weight is 356 g/mol. The van der Waals surface area contributed by atoms with Gasteiger partial charge < -0.3 is 0 Å². The third kappa shape index (κ3) is 3.25. The van der Waals surface area contributed by atoms with Crippen LogP contribution in [0.15, 0.2) is 0 Å². The van der Waals surface area contributed by atoms with Gasteiger partial charge in [0.2, 0.25) is 0 Å². The number of hydrogen-bond donors (Lipinski definition) is 0. The van der Waals surface area contributed by atoms with Gasteiger partial charge in [0.1, 0.15) is 0 Å². The summed E-state index contributed by atoms with van der Waals surface area (Å²) in [6.07, 6.45) is 19.8. The summed E-state index contributed by atoms with van der Waals surface area (Å²) in [6, 6.07) is 2.74. The predicted molar refractivity (Wildman–Crippen MR) is 108 cm³/mol. The minimum absolute atomic E-state index is 0.0291. The van der Waals surface area contributed by atoms with Crippen LogP contribution in [0.3, 0.4) is 0 Å². The molecule has 1 nitrogen and oxygen atoms in total. The molecule has 8 atom stereocenters. The molecule has 0 aromatic heterocycles. The Hall–Kier alpha value is -0.510. The van der Waals surface area contributed by atoms with Gasteiger partial charge in [0.15, 0.2) is 0 Å². The van der Waals surface area contributed by atoms with E-state index < -0.39 is 0 Å². The van der Waals surface area contributed by atoms with Gasteiger partial charge >= 0.3 is 0 Å². The van der Waals surface area contributed by atoms with Gasteiger partial charge in [-0.05, 0) is 99.2 Å². The highest BCUT2D eigenvalue weighted by Gasteiger charge is 2.52. The molecule has 4 aliphatic rings. The summed E-state index contributed by atoms with van der Waals surface area (Å²) in [5.74, 6) is 7.12. The van der Waals surface area contributed by atoms with E-state index in [1.165, 1.54) is 70.6 Å². The first kappa shape index (κ1) is 18.8. The lowest BCUT2D eigenvalue weighted by molar-refractivity contribution is -0.0712. The largest absolute Gasteiger partial charge is 0.198 e. The van der Waals surface area contributed by atoms with E-state index in [9.17, 15) is 5.26 Å². The third-order valence-corrected chi connectivity index (χ3v) is 9.68. The van der Waals surface area contributed by atoms with Crippen molar-refractivity contribution in [3.63, 3.8) is 0 Å². The smallest absolute Gasteiger partial charge is 0.0689 e. The van der Waals surface area contributed by atoms with Gasteiger partial charge in [-0.2, -0.15) is 5.26 Å². The van der Waals surface area contributed by atoms with Gasteiger partial charge in [0.05, 0.1) is 11.5 Å². The first-order valence-corrected chi connectivity index (χ1v) is 12.1. The molecule has 4 saturated carbocycles. The molecule has 146 valence electrons. The predicted octanol–water partition coefficient (Wildman–Crippen LogP) is 7.37. The van der Waals surface area contributed by atoms with E-state index in [1.807, 2.05) is 0 Å². The van der Waals surface area contributed by atoms with E-state index in [-0.39, 0.29) is 5.41 Å². The van der Waals surface area contributed by atoms with Gasteiger partial charge in [-0.25, -0.2) is 0 Å². The maximum atomic E-state index is 9.77. The fraction of sp³-hybridized carbons (Fsp3) is 0.960. The van der Waals surface area contributed by atoms with E-state index in [4.69, 9.17) is 0 Å². The van der Waals surface area contributed by atoms with Crippen LogP contribution in [0.25, 0.3) is 0 Å². The first-order valence-electron chi connectivity index (χ1n) is 12.1. The van der Waals surface area contributed by atoms with Crippen molar-refractivity contribution in [3.8, 4) is 6.07 Å².